The van der Waals surface area contributed by atoms with Gasteiger partial charge in [-0.3, -0.25) is 0 Å². The molecule has 0 bridgehead atoms. The zero-order valence-electron chi connectivity index (χ0n) is 10.5. The Labute approximate surface area is 107 Å². The summed E-state index contributed by atoms with van der Waals surface area (Å²) in [5.74, 6) is -0.950. The van der Waals surface area contributed by atoms with E-state index in [0.717, 1.165) is 25.9 Å². The Kier molecular flexibility index (Phi) is 3.72. The van der Waals surface area contributed by atoms with Gasteiger partial charge in [0.25, 0.3) is 0 Å². The molecule has 0 amide bonds. The molecule has 0 spiro atoms. The maximum absolute atomic E-state index is 11.2. The summed E-state index contributed by atoms with van der Waals surface area (Å²) in [6.07, 6.45) is 2.15. The molecule has 0 aliphatic carbocycles. The third-order valence-corrected chi connectivity index (χ3v) is 3.30. The standard InChI is InChI=1S/C13H19N3O2/c1-16-7-3-4-9(8-16)15-12-10(13(17)18)5-2-6-11(12)14/h2,5-6,9,15H,3-4,7-8,14H2,1H3,(H,17,18). The topological polar surface area (TPSA) is 78.6 Å². The van der Waals surface area contributed by atoms with Gasteiger partial charge in [-0.25, -0.2) is 4.79 Å². The van der Waals surface area contributed by atoms with Gasteiger partial charge in [0, 0.05) is 12.6 Å². The molecule has 5 heteroatoms. The van der Waals surface area contributed by atoms with E-state index in [9.17, 15) is 4.79 Å². The highest BCUT2D eigenvalue weighted by atomic mass is 16.4. The Morgan fingerprint density at radius 1 is 1.56 bits per heavy atom. The predicted octanol–water partition coefficient (Wildman–Crippen LogP) is 1.47. The maximum Gasteiger partial charge on any atom is 0.337 e. The van der Waals surface area contributed by atoms with Crippen LogP contribution in [0, 0.1) is 0 Å². The van der Waals surface area contributed by atoms with Crippen molar-refractivity contribution in [3.63, 3.8) is 0 Å². The Morgan fingerprint density at radius 3 is 3.00 bits per heavy atom. The van der Waals surface area contributed by atoms with Gasteiger partial charge in [-0.2, -0.15) is 0 Å². The Bertz CT molecular complexity index is 448. The molecule has 0 radical (unpaired) electrons. The van der Waals surface area contributed by atoms with Crippen LogP contribution in [0.2, 0.25) is 0 Å². The number of para-hydroxylation sites is 1. The van der Waals surface area contributed by atoms with Crippen molar-refractivity contribution in [2.45, 2.75) is 18.9 Å². The SMILES string of the molecule is CN1CCCC(Nc2c(N)cccc2C(=O)O)C1. The fourth-order valence-electron chi connectivity index (χ4n) is 2.40. The van der Waals surface area contributed by atoms with Crippen LogP contribution in [0.25, 0.3) is 0 Å². The second kappa shape index (κ2) is 5.27. The number of anilines is 2. The summed E-state index contributed by atoms with van der Waals surface area (Å²) in [5, 5.41) is 12.4. The molecule has 98 valence electrons. The van der Waals surface area contributed by atoms with Crippen LogP contribution in [0.4, 0.5) is 11.4 Å². The van der Waals surface area contributed by atoms with E-state index >= 15 is 0 Å². The van der Waals surface area contributed by atoms with Gasteiger partial charge in [0.1, 0.15) is 0 Å². The lowest BCUT2D eigenvalue weighted by Gasteiger charge is -2.31. The maximum atomic E-state index is 11.2. The van der Waals surface area contributed by atoms with Crippen molar-refractivity contribution in [2.24, 2.45) is 0 Å². The van der Waals surface area contributed by atoms with Crippen molar-refractivity contribution >= 4 is 17.3 Å². The summed E-state index contributed by atoms with van der Waals surface area (Å²) in [4.78, 5) is 13.4. The molecule has 2 rings (SSSR count). The summed E-state index contributed by atoms with van der Waals surface area (Å²) in [6.45, 7) is 2.00. The van der Waals surface area contributed by atoms with Crippen LogP contribution in [0.3, 0.4) is 0 Å². The molecule has 1 aliphatic rings. The van der Waals surface area contributed by atoms with Crippen LogP contribution in [0.15, 0.2) is 18.2 Å². The monoisotopic (exact) mass is 249 g/mol. The molecule has 4 N–H and O–H groups in total. The molecule has 0 saturated carbocycles. The lowest BCUT2D eigenvalue weighted by Crippen LogP contribution is -2.40. The van der Waals surface area contributed by atoms with Crippen LogP contribution < -0.4 is 11.1 Å². The Hall–Kier alpha value is -1.75. The largest absolute Gasteiger partial charge is 0.478 e. The summed E-state index contributed by atoms with van der Waals surface area (Å²) in [7, 11) is 2.07. The van der Waals surface area contributed by atoms with Crippen LogP contribution in [0.5, 0.6) is 0 Å². The number of carboxylic acids is 1. The van der Waals surface area contributed by atoms with Crippen LogP contribution in [0.1, 0.15) is 23.2 Å². The number of likely N-dealkylation sites (tertiary alicyclic amines) is 1. The van der Waals surface area contributed by atoms with Gasteiger partial charge in [-0.05, 0) is 38.6 Å². The number of nitrogen functional groups attached to an aromatic ring is 1. The van der Waals surface area contributed by atoms with Crippen molar-refractivity contribution in [3.8, 4) is 0 Å². The van der Waals surface area contributed by atoms with Crippen molar-refractivity contribution in [3.05, 3.63) is 23.8 Å². The van der Waals surface area contributed by atoms with E-state index in [1.165, 1.54) is 0 Å². The van der Waals surface area contributed by atoms with Crippen LogP contribution in [-0.2, 0) is 0 Å². The molecule has 1 aromatic carbocycles. The van der Waals surface area contributed by atoms with E-state index in [2.05, 4.69) is 17.3 Å². The van der Waals surface area contributed by atoms with E-state index in [1.807, 2.05) is 0 Å². The fourth-order valence-corrected chi connectivity index (χ4v) is 2.40. The number of likely N-dealkylation sites (N-methyl/N-ethyl adjacent to an activating group) is 1. The minimum absolute atomic E-state index is 0.239. The molecule has 1 saturated heterocycles. The van der Waals surface area contributed by atoms with E-state index in [-0.39, 0.29) is 11.6 Å². The molecular formula is C13H19N3O2. The number of rotatable bonds is 3. The average Bonchev–Trinajstić information content (AvgIpc) is 2.31. The molecule has 1 aromatic rings. The molecule has 1 unspecified atom stereocenters. The fraction of sp³-hybridized carbons (Fsp3) is 0.462. The lowest BCUT2D eigenvalue weighted by molar-refractivity contribution is 0.0698. The zero-order chi connectivity index (χ0) is 13.1. The predicted molar refractivity (Wildman–Crippen MR) is 72.0 cm³/mol. The van der Waals surface area contributed by atoms with Gasteiger partial charge in [-0.15, -0.1) is 0 Å². The molecule has 1 heterocycles. The number of benzene rings is 1. The number of hydrogen-bond acceptors (Lipinski definition) is 4. The highest BCUT2D eigenvalue weighted by Crippen LogP contribution is 2.26. The van der Waals surface area contributed by atoms with Crippen molar-refractivity contribution in [1.82, 2.24) is 4.90 Å². The zero-order valence-corrected chi connectivity index (χ0v) is 10.5. The van der Waals surface area contributed by atoms with Crippen molar-refractivity contribution in [2.75, 3.05) is 31.2 Å². The molecular weight excluding hydrogens is 230 g/mol. The van der Waals surface area contributed by atoms with Crippen molar-refractivity contribution < 1.29 is 9.90 Å². The molecule has 1 atom stereocenters. The van der Waals surface area contributed by atoms with Gasteiger partial charge < -0.3 is 21.1 Å². The number of nitrogens with two attached hydrogens (primary N) is 1. The number of nitrogens with zero attached hydrogens (tertiary/aromatic N) is 1. The summed E-state index contributed by atoms with van der Waals surface area (Å²) in [5.41, 5.74) is 7.15. The Balaban J connectivity index is 2.20. The van der Waals surface area contributed by atoms with Gasteiger partial charge in [0.2, 0.25) is 0 Å². The van der Waals surface area contributed by atoms with Gasteiger partial charge in [0.15, 0.2) is 0 Å². The smallest absolute Gasteiger partial charge is 0.337 e. The van der Waals surface area contributed by atoms with Gasteiger partial charge in [0.05, 0.1) is 16.9 Å². The third kappa shape index (κ3) is 2.73. The number of nitrogens with one attached hydrogen (secondary N) is 1. The van der Waals surface area contributed by atoms with Gasteiger partial charge >= 0.3 is 5.97 Å². The van der Waals surface area contributed by atoms with Gasteiger partial charge in [-0.1, -0.05) is 6.07 Å². The number of carboxylic acid groups (broad SMARTS) is 1. The second-order valence-electron chi connectivity index (χ2n) is 4.82. The summed E-state index contributed by atoms with van der Waals surface area (Å²) < 4.78 is 0. The highest BCUT2D eigenvalue weighted by Gasteiger charge is 2.20. The number of piperidine rings is 1. The van der Waals surface area contributed by atoms with Crippen LogP contribution >= 0.6 is 0 Å². The first-order chi connectivity index (χ1) is 8.58. The molecule has 0 aromatic heterocycles. The number of aromatic carboxylic acids is 1. The quantitative estimate of drug-likeness (QED) is 0.707. The first-order valence-corrected chi connectivity index (χ1v) is 6.15. The first kappa shape index (κ1) is 12.7. The molecule has 1 fully saturated rings. The average molecular weight is 249 g/mol. The molecule has 1 aliphatic heterocycles. The second-order valence-corrected chi connectivity index (χ2v) is 4.82. The minimum Gasteiger partial charge on any atom is -0.478 e. The van der Waals surface area contributed by atoms with E-state index in [1.54, 1.807) is 18.2 Å². The van der Waals surface area contributed by atoms with E-state index in [0.29, 0.717) is 11.4 Å². The van der Waals surface area contributed by atoms with E-state index in [4.69, 9.17) is 10.8 Å². The van der Waals surface area contributed by atoms with Crippen LogP contribution in [-0.4, -0.2) is 42.2 Å². The number of carbonyl (C=O) groups is 1. The Morgan fingerprint density at radius 2 is 2.33 bits per heavy atom. The minimum atomic E-state index is -0.950. The highest BCUT2D eigenvalue weighted by molar-refractivity contribution is 5.97. The van der Waals surface area contributed by atoms with Crippen molar-refractivity contribution in [1.29, 1.82) is 0 Å². The van der Waals surface area contributed by atoms with E-state index < -0.39 is 5.97 Å². The molecule has 18 heavy (non-hydrogen) atoms. The molecule has 5 nitrogen and oxygen atoms in total. The normalized spacial score (nSPS) is 20.6. The number of hydrogen-bond donors (Lipinski definition) is 3. The lowest BCUT2D eigenvalue weighted by atomic mass is 10.0. The first-order valence-electron chi connectivity index (χ1n) is 6.15. The summed E-state index contributed by atoms with van der Waals surface area (Å²) >= 11 is 0. The summed E-state index contributed by atoms with van der Waals surface area (Å²) in [6, 6.07) is 5.22. The third-order valence-electron chi connectivity index (χ3n) is 3.30.